The first-order chi connectivity index (χ1) is 13.6. The van der Waals surface area contributed by atoms with E-state index >= 15 is 0 Å². The Labute approximate surface area is 167 Å². The van der Waals surface area contributed by atoms with Gasteiger partial charge >= 0.3 is 0 Å². The van der Waals surface area contributed by atoms with E-state index in [0.29, 0.717) is 31.2 Å². The van der Waals surface area contributed by atoms with E-state index in [1.807, 2.05) is 24.3 Å². The van der Waals surface area contributed by atoms with Crippen molar-refractivity contribution < 1.29 is 9.53 Å². The lowest BCUT2D eigenvalue weighted by Crippen LogP contribution is -2.36. The fourth-order valence-electron chi connectivity index (χ4n) is 2.66. The number of nitrogens with one attached hydrogen (secondary N) is 3. The van der Waals surface area contributed by atoms with Gasteiger partial charge in [-0.1, -0.05) is 31.2 Å². The molecular weight excluding hydrogens is 352 g/mol. The quantitative estimate of drug-likeness (QED) is 0.485. The van der Waals surface area contributed by atoms with Gasteiger partial charge in [-0.05, 0) is 42.7 Å². The highest BCUT2D eigenvalue weighted by Crippen LogP contribution is 2.20. The molecule has 0 aliphatic rings. The molecule has 0 unspecified atom stereocenters. The van der Waals surface area contributed by atoms with Crippen LogP contribution in [0.4, 0.5) is 0 Å². The smallest absolute Gasteiger partial charge is 0.251 e. The molecule has 2 aromatic rings. The molecule has 0 aliphatic carbocycles. The number of carbonyl (C=O) groups excluding carboxylic acids is 1. The number of carbonyl (C=O) groups is 1. The second-order valence-corrected chi connectivity index (χ2v) is 6.52. The van der Waals surface area contributed by atoms with E-state index in [9.17, 15) is 4.79 Å². The van der Waals surface area contributed by atoms with E-state index in [1.54, 1.807) is 14.1 Å². The summed E-state index contributed by atoms with van der Waals surface area (Å²) in [5, 5.41) is 9.24. The third-order valence-electron chi connectivity index (χ3n) is 4.26. The number of rotatable bonds is 8. The SMILES string of the molecule is CCCOc1cc(C)ccc1CNC(=NC)NCc1ccc(C(=O)NC)cc1. The zero-order valence-corrected chi connectivity index (χ0v) is 17.1. The Hall–Kier alpha value is -3.02. The molecule has 0 bridgehead atoms. The van der Waals surface area contributed by atoms with E-state index in [-0.39, 0.29) is 5.91 Å². The van der Waals surface area contributed by atoms with Gasteiger partial charge in [0.25, 0.3) is 5.91 Å². The molecule has 0 radical (unpaired) electrons. The molecular formula is C22H30N4O2. The van der Waals surface area contributed by atoms with Crippen molar-refractivity contribution in [1.82, 2.24) is 16.0 Å². The van der Waals surface area contributed by atoms with Crippen LogP contribution >= 0.6 is 0 Å². The minimum atomic E-state index is -0.0869. The van der Waals surface area contributed by atoms with Crippen molar-refractivity contribution in [2.75, 3.05) is 20.7 Å². The second-order valence-electron chi connectivity index (χ2n) is 6.52. The normalized spacial score (nSPS) is 11.1. The summed E-state index contributed by atoms with van der Waals surface area (Å²) in [5.74, 6) is 1.53. The number of amides is 1. The minimum Gasteiger partial charge on any atom is -0.493 e. The Morgan fingerprint density at radius 2 is 1.79 bits per heavy atom. The van der Waals surface area contributed by atoms with Gasteiger partial charge in [0.05, 0.1) is 6.61 Å². The van der Waals surface area contributed by atoms with Gasteiger partial charge in [0.15, 0.2) is 5.96 Å². The van der Waals surface area contributed by atoms with Crippen LogP contribution in [0.3, 0.4) is 0 Å². The van der Waals surface area contributed by atoms with Crippen LogP contribution in [0.25, 0.3) is 0 Å². The average molecular weight is 383 g/mol. The fraction of sp³-hybridized carbons (Fsp3) is 0.364. The van der Waals surface area contributed by atoms with Gasteiger partial charge in [-0.25, -0.2) is 0 Å². The molecule has 0 aliphatic heterocycles. The summed E-state index contributed by atoms with van der Waals surface area (Å²) < 4.78 is 5.87. The predicted octanol–water partition coefficient (Wildman–Crippen LogP) is 3.01. The zero-order chi connectivity index (χ0) is 20.4. The Kier molecular flexibility index (Phi) is 8.34. The third-order valence-corrected chi connectivity index (χ3v) is 4.26. The van der Waals surface area contributed by atoms with E-state index < -0.39 is 0 Å². The number of aliphatic imine (C=N–C) groups is 1. The molecule has 0 saturated heterocycles. The Morgan fingerprint density at radius 1 is 1.07 bits per heavy atom. The molecule has 2 rings (SSSR count). The molecule has 0 aromatic heterocycles. The Morgan fingerprint density at radius 3 is 2.43 bits per heavy atom. The second kappa shape index (κ2) is 11.0. The Bertz CT molecular complexity index is 801. The Balaban J connectivity index is 1.92. The van der Waals surface area contributed by atoms with Crippen molar-refractivity contribution >= 4 is 11.9 Å². The topological polar surface area (TPSA) is 74.8 Å². The van der Waals surface area contributed by atoms with Crippen molar-refractivity contribution in [3.63, 3.8) is 0 Å². The van der Waals surface area contributed by atoms with Gasteiger partial charge in [0, 0.05) is 38.3 Å². The lowest BCUT2D eigenvalue weighted by molar-refractivity contribution is 0.0963. The molecule has 150 valence electrons. The molecule has 0 spiro atoms. The van der Waals surface area contributed by atoms with Crippen molar-refractivity contribution in [3.8, 4) is 5.75 Å². The lowest BCUT2D eigenvalue weighted by Gasteiger charge is -2.15. The summed E-state index contributed by atoms with van der Waals surface area (Å²) in [6.07, 6.45) is 0.975. The van der Waals surface area contributed by atoms with Gasteiger partial charge in [-0.2, -0.15) is 0 Å². The number of hydrogen-bond donors (Lipinski definition) is 3. The number of guanidine groups is 1. The molecule has 2 aromatic carbocycles. The summed E-state index contributed by atoms with van der Waals surface area (Å²) in [5.41, 5.74) is 3.99. The molecule has 28 heavy (non-hydrogen) atoms. The summed E-state index contributed by atoms with van der Waals surface area (Å²) in [7, 11) is 3.37. The number of nitrogens with zero attached hydrogens (tertiary/aromatic N) is 1. The third kappa shape index (κ3) is 6.30. The van der Waals surface area contributed by atoms with Gasteiger partial charge in [0.2, 0.25) is 0 Å². The van der Waals surface area contributed by atoms with Crippen LogP contribution in [-0.2, 0) is 13.1 Å². The zero-order valence-electron chi connectivity index (χ0n) is 17.1. The lowest BCUT2D eigenvalue weighted by atomic mass is 10.1. The van der Waals surface area contributed by atoms with Crippen molar-refractivity contribution in [2.24, 2.45) is 4.99 Å². The van der Waals surface area contributed by atoms with Crippen LogP contribution in [0.5, 0.6) is 5.75 Å². The van der Waals surface area contributed by atoms with Gasteiger partial charge < -0.3 is 20.7 Å². The van der Waals surface area contributed by atoms with Crippen LogP contribution in [0.2, 0.25) is 0 Å². The average Bonchev–Trinajstić information content (AvgIpc) is 2.73. The molecule has 6 nitrogen and oxygen atoms in total. The van der Waals surface area contributed by atoms with E-state index in [1.165, 1.54) is 5.56 Å². The van der Waals surface area contributed by atoms with E-state index in [0.717, 1.165) is 23.3 Å². The highest BCUT2D eigenvalue weighted by molar-refractivity contribution is 5.93. The first kappa shape index (κ1) is 21.3. The minimum absolute atomic E-state index is 0.0869. The summed E-state index contributed by atoms with van der Waals surface area (Å²) in [6, 6.07) is 13.7. The van der Waals surface area contributed by atoms with Gasteiger partial charge in [-0.15, -0.1) is 0 Å². The largest absolute Gasteiger partial charge is 0.493 e. The summed E-state index contributed by atoms with van der Waals surface area (Å²) >= 11 is 0. The number of ether oxygens (including phenoxy) is 1. The maximum atomic E-state index is 11.6. The van der Waals surface area contributed by atoms with E-state index in [2.05, 4.69) is 53.0 Å². The molecule has 0 heterocycles. The number of aryl methyl sites for hydroxylation is 1. The maximum Gasteiger partial charge on any atom is 0.251 e. The highest BCUT2D eigenvalue weighted by Gasteiger charge is 2.07. The molecule has 6 heteroatoms. The molecule has 0 atom stereocenters. The van der Waals surface area contributed by atoms with Gasteiger partial charge in [0.1, 0.15) is 5.75 Å². The van der Waals surface area contributed by atoms with Crippen molar-refractivity contribution in [3.05, 3.63) is 64.7 Å². The van der Waals surface area contributed by atoms with Crippen LogP contribution in [0.15, 0.2) is 47.5 Å². The fourth-order valence-corrected chi connectivity index (χ4v) is 2.66. The standard InChI is InChI=1S/C22H30N4O2/c1-5-12-28-20-13-16(2)6-9-19(20)15-26-22(24-4)25-14-17-7-10-18(11-8-17)21(27)23-3/h6-11,13H,5,12,14-15H2,1-4H3,(H,23,27)(H2,24,25,26). The predicted molar refractivity (Wildman–Crippen MR) is 114 cm³/mol. The molecule has 0 fully saturated rings. The van der Waals surface area contributed by atoms with Crippen molar-refractivity contribution in [2.45, 2.75) is 33.4 Å². The van der Waals surface area contributed by atoms with Gasteiger partial charge in [-0.3, -0.25) is 9.79 Å². The van der Waals surface area contributed by atoms with Crippen LogP contribution in [-0.4, -0.2) is 32.6 Å². The van der Waals surface area contributed by atoms with Crippen LogP contribution in [0, 0.1) is 6.92 Å². The maximum absolute atomic E-state index is 11.6. The number of benzene rings is 2. The molecule has 3 N–H and O–H groups in total. The number of hydrogen-bond acceptors (Lipinski definition) is 3. The highest BCUT2D eigenvalue weighted by atomic mass is 16.5. The monoisotopic (exact) mass is 382 g/mol. The first-order valence-corrected chi connectivity index (χ1v) is 9.55. The first-order valence-electron chi connectivity index (χ1n) is 9.55. The van der Waals surface area contributed by atoms with Crippen LogP contribution in [0.1, 0.15) is 40.4 Å². The summed E-state index contributed by atoms with van der Waals surface area (Å²) in [4.78, 5) is 15.9. The van der Waals surface area contributed by atoms with Crippen LogP contribution < -0.4 is 20.7 Å². The molecule has 1 amide bonds. The van der Waals surface area contributed by atoms with E-state index in [4.69, 9.17) is 4.74 Å². The molecule has 0 saturated carbocycles. The summed E-state index contributed by atoms with van der Waals surface area (Å²) in [6.45, 7) is 6.09. The van der Waals surface area contributed by atoms with Crippen molar-refractivity contribution in [1.29, 1.82) is 0 Å².